The fourth-order valence-electron chi connectivity index (χ4n) is 1.74. The predicted molar refractivity (Wildman–Crippen MR) is 76.4 cm³/mol. The van der Waals surface area contributed by atoms with Crippen LogP contribution in [0.15, 0.2) is 34.8 Å². The zero-order chi connectivity index (χ0) is 12.6. The summed E-state index contributed by atoms with van der Waals surface area (Å²) in [6.07, 6.45) is 0. The summed E-state index contributed by atoms with van der Waals surface area (Å²) >= 11 is 3.44. The van der Waals surface area contributed by atoms with Crippen molar-refractivity contribution in [3.05, 3.63) is 34.8 Å². The average Bonchev–Trinajstić information content (AvgIpc) is 2.16. The molecule has 0 aromatic heterocycles. The van der Waals surface area contributed by atoms with Gasteiger partial charge in [0.25, 0.3) is 0 Å². The molecule has 0 unspecified atom stereocenters. The Balaban J connectivity index is 2.51. The van der Waals surface area contributed by atoms with Crippen LogP contribution in [0.4, 0.5) is 5.69 Å². The second-order valence-electron chi connectivity index (χ2n) is 5.09. The number of halogens is 1. The molecule has 2 nitrogen and oxygen atoms in total. The van der Waals surface area contributed by atoms with Gasteiger partial charge in [0.1, 0.15) is 11.4 Å². The van der Waals surface area contributed by atoms with Gasteiger partial charge in [-0.1, -0.05) is 22.0 Å². The summed E-state index contributed by atoms with van der Waals surface area (Å²) < 4.78 is 6.82. The topological polar surface area (TPSA) is 35.2 Å². The van der Waals surface area contributed by atoms with E-state index in [1.165, 1.54) is 0 Å². The monoisotopic (exact) mass is 293 g/mol. The largest absolute Gasteiger partial charge is 0.488 e. The van der Waals surface area contributed by atoms with E-state index in [4.69, 9.17) is 10.5 Å². The molecule has 0 aliphatic heterocycles. The third kappa shape index (κ3) is 2.91. The quantitative estimate of drug-likeness (QED) is 0.793. The smallest absolute Gasteiger partial charge is 0.120 e. The molecule has 2 aromatic rings. The van der Waals surface area contributed by atoms with Crippen LogP contribution in [0, 0.1) is 0 Å². The number of fused-ring (bicyclic) bond motifs is 1. The lowest BCUT2D eigenvalue weighted by Gasteiger charge is -2.21. The van der Waals surface area contributed by atoms with Gasteiger partial charge in [-0.25, -0.2) is 0 Å². The minimum absolute atomic E-state index is 0.197. The SMILES string of the molecule is CC(C)(C)Oc1ccc2cc(Br)cc(N)c2c1. The molecule has 0 aliphatic rings. The number of rotatable bonds is 1. The summed E-state index contributed by atoms with van der Waals surface area (Å²) in [6, 6.07) is 9.94. The van der Waals surface area contributed by atoms with Crippen LogP contribution in [0.2, 0.25) is 0 Å². The van der Waals surface area contributed by atoms with Gasteiger partial charge < -0.3 is 10.5 Å². The Kier molecular flexibility index (Phi) is 3.04. The van der Waals surface area contributed by atoms with Gasteiger partial charge in [0.2, 0.25) is 0 Å². The summed E-state index contributed by atoms with van der Waals surface area (Å²) in [5.41, 5.74) is 6.57. The molecule has 3 heteroatoms. The van der Waals surface area contributed by atoms with Crippen LogP contribution in [-0.2, 0) is 0 Å². The summed E-state index contributed by atoms with van der Waals surface area (Å²) in [7, 11) is 0. The average molecular weight is 294 g/mol. The number of ether oxygens (including phenoxy) is 1. The first-order chi connectivity index (χ1) is 7.85. The van der Waals surface area contributed by atoms with Gasteiger partial charge in [0, 0.05) is 15.5 Å². The Hall–Kier alpha value is -1.22. The molecule has 0 radical (unpaired) electrons. The number of anilines is 1. The van der Waals surface area contributed by atoms with Crippen molar-refractivity contribution in [2.45, 2.75) is 26.4 Å². The maximum absolute atomic E-state index is 6.00. The van der Waals surface area contributed by atoms with E-state index >= 15 is 0 Å². The van der Waals surface area contributed by atoms with Gasteiger partial charge in [-0.2, -0.15) is 0 Å². The van der Waals surface area contributed by atoms with E-state index in [1.807, 2.05) is 51.1 Å². The number of nitrogens with two attached hydrogens (primary N) is 1. The van der Waals surface area contributed by atoms with Gasteiger partial charge in [-0.3, -0.25) is 0 Å². The molecule has 0 aliphatic carbocycles. The molecule has 0 saturated heterocycles. The van der Waals surface area contributed by atoms with Crippen molar-refractivity contribution >= 4 is 32.4 Å². The number of hydrogen-bond donors (Lipinski definition) is 1. The minimum atomic E-state index is -0.197. The molecule has 17 heavy (non-hydrogen) atoms. The summed E-state index contributed by atoms with van der Waals surface area (Å²) in [6.45, 7) is 6.09. The molecule has 0 amide bonds. The lowest BCUT2D eigenvalue weighted by atomic mass is 10.1. The lowest BCUT2D eigenvalue weighted by Crippen LogP contribution is -2.22. The highest BCUT2D eigenvalue weighted by Crippen LogP contribution is 2.30. The molecule has 0 atom stereocenters. The van der Waals surface area contributed by atoms with Gasteiger partial charge in [-0.05, 0) is 50.4 Å². The zero-order valence-electron chi connectivity index (χ0n) is 10.3. The molecule has 0 saturated carbocycles. The Morgan fingerprint density at radius 1 is 1.12 bits per heavy atom. The first kappa shape index (κ1) is 12.2. The summed E-state index contributed by atoms with van der Waals surface area (Å²) in [5.74, 6) is 0.846. The Labute approximate surface area is 110 Å². The third-order valence-electron chi connectivity index (χ3n) is 2.35. The second kappa shape index (κ2) is 4.22. The van der Waals surface area contributed by atoms with Crippen LogP contribution < -0.4 is 10.5 Å². The van der Waals surface area contributed by atoms with Gasteiger partial charge in [0.05, 0.1) is 0 Å². The van der Waals surface area contributed by atoms with Gasteiger partial charge >= 0.3 is 0 Å². The van der Waals surface area contributed by atoms with Crippen LogP contribution in [0.1, 0.15) is 20.8 Å². The van der Waals surface area contributed by atoms with Crippen LogP contribution in [-0.4, -0.2) is 5.60 Å². The van der Waals surface area contributed by atoms with Crippen molar-refractivity contribution in [2.75, 3.05) is 5.73 Å². The fraction of sp³-hybridized carbons (Fsp3) is 0.286. The molecule has 0 spiro atoms. The van der Waals surface area contributed by atoms with E-state index in [0.717, 1.165) is 26.7 Å². The van der Waals surface area contributed by atoms with Crippen molar-refractivity contribution in [2.24, 2.45) is 0 Å². The molecule has 90 valence electrons. The standard InChI is InChI=1S/C14H16BrNO/c1-14(2,3)17-11-5-4-9-6-10(15)7-13(16)12(9)8-11/h4-8H,16H2,1-3H3. The zero-order valence-corrected chi connectivity index (χ0v) is 11.8. The maximum atomic E-state index is 6.00. The first-order valence-corrected chi connectivity index (χ1v) is 6.32. The van der Waals surface area contributed by atoms with E-state index in [9.17, 15) is 0 Å². The molecule has 2 rings (SSSR count). The van der Waals surface area contributed by atoms with Crippen molar-refractivity contribution in [1.82, 2.24) is 0 Å². The van der Waals surface area contributed by atoms with Crippen LogP contribution in [0.5, 0.6) is 5.75 Å². The van der Waals surface area contributed by atoms with Crippen molar-refractivity contribution < 1.29 is 4.74 Å². The van der Waals surface area contributed by atoms with Crippen LogP contribution in [0.25, 0.3) is 10.8 Å². The minimum Gasteiger partial charge on any atom is -0.488 e. The van der Waals surface area contributed by atoms with E-state index in [2.05, 4.69) is 15.9 Å². The number of benzene rings is 2. The van der Waals surface area contributed by atoms with Gasteiger partial charge in [-0.15, -0.1) is 0 Å². The Morgan fingerprint density at radius 3 is 2.47 bits per heavy atom. The summed E-state index contributed by atoms with van der Waals surface area (Å²) in [5, 5.41) is 2.13. The van der Waals surface area contributed by atoms with Crippen LogP contribution >= 0.6 is 15.9 Å². The van der Waals surface area contributed by atoms with Gasteiger partial charge in [0.15, 0.2) is 0 Å². The molecular formula is C14H16BrNO. The molecule has 0 heterocycles. The highest BCUT2D eigenvalue weighted by Gasteiger charge is 2.12. The molecule has 2 aromatic carbocycles. The van der Waals surface area contributed by atoms with E-state index in [0.29, 0.717) is 0 Å². The van der Waals surface area contributed by atoms with E-state index in [1.54, 1.807) is 0 Å². The number of nitrogen functional groups attached to an aromatic ring is 1. The molecular weight excluding hydrogens is 278 g/mol. The first-order valence-electron chi connectivity index (χ1n) is 5.53. The van der Waals surface area contributed by atoms with Crippen molar-refractivity contribution in [3.8, 4) is 5.75 Å². The second-order valence-corrected chi connectivity index (χ2v) is 6.01. The van der Waals surface area contributed by atoms with Crippen molar-refractivity contribution in [3.63, 3.8) is 0 Å². The third-order valence-corrected chi connectivity index (χ3v) is 2.80. The fourth-order valence-corrected chi connectivity index (χ4v) is 2.24. The molecule has 0 fully saturated rings. The molecule has 0 bridgehead atoms. The van der Waals surface area contributed by atoms with E-state index in [-0.39, 0.29) is 5.60 Å². The Bertz CT molecular complexity index is 558. The number of hydrogen-bond acceptors (Lipinski definition) is 2. The van der Waals surface area contributed by atoms with Crippen LogP contribution in [0.3, 0.4) is 0 Å². The lowest BCUT2D eigenvalue weighted by molar-refractivity contribution is 0.131. The normalized spacial score (nSPS) is 11.8. The molecule has 2 N–H and O–H groups in total. The highest BCUT2D eigenvalue weighted by atomic mass is 79.9. The van der Waals surface area contributed by atoms with Crippen molar-refractivity contribution in [1.29, 1.82) is 0 Å². The predicted octanol–water partition coefficient (Wildman–Crippen LogP) is 4.36. The van der Waals surface area contributed by atoms with E-state index < -0.39 is 0 Å². The maximum Gasteiger partial charge on any atom is 0.120 e. The summed E-state index contributed by atoms with van der Waals surface area (Å²) in [4.78, 5) is 0. The highest BCUT2D eigenvalue weighted by molar-refractivity contribution is 9.10. The Morgan fingerprint density at radius 2 is 1.82 bits per heavy atom.